The zero-order chi connectivity index (χ0) is 32.7. The highest BCUT2D eigenvalue weighted by Crippen LogP contribution is 2.52. The van der Waals surface area contributed by atoms with Crippen LogP contribution in [0.25, 0.3) is 64.0 Å². The molecule has 0 bridgehead atoms. The third kappa shape index (κ3) is 4.24. The summed E-state index contributed by atoms with van der Waals surface area (Å²) in [4.78, 5) is 2.50. The van der Waals surface area contributed by atoms with E-state index in [-0.39, 0.29) is 5.41 Å². The maximum atomic E-state index is 2.50. The molecular weight excluding hydrogens is 611 g/mol. The number of thiophene rings is 1. The van der Waals surface area contributed by atoms with Gasteiger partial charge in [-0.3, -0.25) is 0 Å². The summed E-state index contributed by atoms with van der Waals surface area (Å²) in [5, 5.41) is 7.69. The Kier molecular flexibility index (Phi) is 6.16. The van der Waals surface area contributed by atoms with E-state index in [0.717, 1.165) is 11.4 Å². The van der Waals surface area contributed by atoms with E-state index in [9.17, 15) is 0 Å². The molecule has 1 nitrogen and oxygen atoms in total. The summed E-state index contributed by atoms with van der Waals surface area (Å²) in [7, 11) is 0. The van der Waals surface area contributed by atoms with Gasteiger partial charge in [0.2, 0.25) is 0 Å². The van der Waals surface area contributed by atoms with Gasteiger partial charge in [0, 0.05) is 42.3 Å². The highest BCUT2D eigenvalue weighted by Gasteiger charge is 2.35. The van der Waals surface area contributed by atoms with Crippen molar-refractivity contribution < 1.29 is 0 Å². The average Bonchev–Trinajstić information content (AvgIpc) is 3.64. The first-order valence-corrected chi connectivity index (χ1v) is 17.8. The molecule has 0 fully saturated rings. The number of benzene rings is 8. The number of fused-ring (bicyclic) bond motifs is 9. The van der Waals surface area contributed by atoms with Crippen molar-refractivity contribution in [2.75, 3.05) is 4.90 Å². The number of nitrogens with zero attached hydrogens (tertiary/aromatic N) is 1. The molecule has 232 valence electrons. The Morgan fingerprint density at radius 2 is 1.16 bits per heavy atom. The van der Waals surface area contributed by atoms with E-state index >= 15 is 0 Å². The van der Waals surface area contributed by atoms with Gasteiger partial charge in [-0.1, -0.05) is 141 Å². The fourth-order valence-electron chi connectivity index (χ4n) is 8.28. The molecule has 8 aromatic carbocycles. The fourth-order valence-corrected chi connectivity index (χ4v) is 9.55. The van der Waals surface area contributed by atoms with Crippen LogP contribution < -0.4 is 4.90 Å². The van der Waals surface area contributed by atoms with Gasteiger partial charge < -0.3 is 4.90 Å². The second-order valence-electron chi connectivity index (χ2n) is 13.7. The van der Waals surface area contributed by atoms with Gasteiger partial charge in [0.25, 0.3) is 0 Å². The van der Waals surface area contributed by atoms with Crippen LogP contribution in [-0.2, 0) is 5.41 Å². The second-order valence-corrected chi connectivity index (χ2v) is 14.8. The van der Waals surface area contributed by atoms with Gasteiger partial charge in [0.1, 0.15) is 0 Å². The number of hydrogen-bond donors (Lipinski definition) is 0. The Hall–Kier alpha value is -5.70. The van der Waals surface area contributed by atoms with E-state index in [1.807, 2.05) is 11.3 Å². The summed E-state index contributed by atoms with van der Waals surface area (Å²) in [6, 6.07) is 60.7. The standard InChI is InChI=1S/C47H33NS/c1-47(2)41-21-7-5-18-37(41)40-29-34(25-27-42(40)47)48(33-16-9-15-32(28-33)36-20-10-13-30-12-3-4-17-35(30)36)43-22-11-14-31-24-26-39-38-19-6-8-23-44(38)49-46(39)45(31)43/h3-29H,1-2H3. The molecule has 0 spiro atoms. The van der Waals surface area contributed by atoms with Crippen LogP contribution in [0, 0.1) is 0 Å². The van der Waals surface area contributed by atoms with Crippen LogP contribution in [0.3, 0.4) is 0 Å². The van der Waals surface area contributed by atoms with Crippen molar-refractivity contribution in [1.29, 1.82) is 0 Å². The molecule has 1 aromatic heterocycles. The summed E-state index contributed by atoms with van der Waals surface area (Å²) in [5.41, 5.74) is 11.3. The molecule has 0 unspecified atom stereocenters. The Bertz CT molecular complexity index is 2760. The molecule has 0 aliphatic heterocycles. The molecule has 0 N–H and O–H groups in total. The Morgan fingerprint density at radius 3 is 2.10 bits per heavy atom. The molecule has 49 heavy (non-hydrogen) atoms. The van der Waals surface area contributed by atoms with Crippen molar-refractivity contribution in [1.82, 2.24) is 0 Å². The third-order valence-corrected chi connectivity index (χ3v) is 11.8. The van der Waals surface area contributed by atoms with E-state index < -0.39 is 0 Å². The van der Waals surface area contributed by atoms with E-state index in [4.69, 9.17) is 0 Å². The quantitative estimate of drug-likeness (QED) is 0.184. The van der Waals surface area contributed by atoms with Crippen molar-refractivity contribution in [2.24, 2.45) is 0 Å². The number of rotatable bonds is 4. The predicted molar refractivity (Wildman–Crippen MR) is 212 cm³/mol. The van der Waals surface area contributed by atoms with E-state index in [1.54, 1.807) is 0 Å². The average molecular weight is 644 g/mol. The number of hydrogen-bond acceptors (Lipinski definition) is 2. The molecule has 0 saturated carbocycles. The lowest BCUT2D eigenvalue weighted by Crippen LogP contribution is -2.15. The van der Waals surface area contributed by atoms with E-state index in [2.05, 4.69) is 183 Å². The van der Waals surface area contributed by atoms with Crippen LogP contribution in [0.15, 0.2) is 164 Å². The molecule has 1 aliphatic rings. The third-order valence-electron chi connectivity index (χ3n) is 10.6. The molecular formula is C47H33NS. The lowest BCUT2D eigenvalue weighted by molar-refractivity contribution is 0.660. The van der Waals surface area contributed by atoms with Gasteiger partial charge in [-0.15, -0.1) is 11.3 Å². The minimum absolute atomic E-state index is 0.0494. The van der Waals surface area contributed by atoms with Crippen LogP contribution in [-0.4, -0.2) is 0 Å². The second kappa shape index (κ2) is 10.7. The smallest absolute Gasteiger partial charge is 0.0554 e. The van der Waals surface area contributed by atoms with Crippen LogP contribution in [0.4, 0.5) is 17.1 Å². The van der Waals surface area contributed by atoms with E-state index in [0.29, 0.717) is 0 Å². The summed E-state index contributed by atoms with van der Waals surface area (Å²) in [6.45, 7) is 4.71. The maximum Gasteiger partial charge on any atom is 0.0554 e. The first-order valence-electron chi connectivity index (χ1n) is 17.0. The molecule has 1 heterocycles. The molecule has 0 saturated heterocycles. The minimum Gasteiger partial charge on any atom is -0.310 e. The molecule has 0 atom stereocenters. The molecule has 10 rings (SSSR count). The Balaban J connectivity index is 1.26. The largest absolute Gasteiger partial charge is 0.310 e. The zero-order valence-corrected chi connectivity index (χ0v) is 28.3. The van der Waals surface area contributed by atoms with Gasteiger partial charge in [0.15, 0.2) is 0 Å². The van der Waals surface area contributed by atoms with Crippen LogP contribution in [0.2, 0.25) is 0 Å². The molecule has 1 aliphatic carbocycles. The molecule has 9 aromatic rings. The first kappa shape index (κ1) is 28.3. The van der Waals surface area contributed by atoms with Gasteiger partial charge in [0.05, 0.1) is 5.69 Å². The van der Waals surface area contributed by atoms with Crippen molar-refractivity contribution in [3.63, 3.8) is 0 Å². The maximum absolute atomic E-state index is 2.50. The van der Waals surface area contributed by atoms with Crippen LogP contribution in [0.5, 0.6) is 0 Å². The van der Waals surface area contributed by atoms with E-state index in [1.165, 1.54) is 80.8 Å². The molecule has 0 radical (unpaired) electrons. The van der Waals surface area contributed by atoms with Crippen molar-refractivity contribution in [3.8, 4) is 22.3 Å². The highest BCUT2D eigenvalue weighted by atomic mass is 32.1. The van der Waals surface area contributed by atoms with Crippen LogP contribution in [0.1, 0.15) is 25.0 Å². The highest BCUT2D eigenvalue weighted by molar-refractivity contribution is 7.26. The fraction of sp³-hybridized carbons (Fsp3) is 0.0638. The SMILES string of the molecule is CC1(C)c2ccccc2-c2cc(N(c3cccc(-c4cccc5ccccc45)c3)c3cccc4ccc5c6ccccc6sc5c34)ccc21. The summed E-state index contributed by atoms with van der Waals surface area (Å²) < 4.78 is 2.65. The minimum atomic E-state index is -0.0494. The first-order chi connectivity index (χ1) is 24.1. The molecule has 0 amide bonds. The Labute approximate surface area is 290 Å². The normalized spacial score (nSPS) is 13.3. The van der Waals surface area contributed by atoms with Crippen molar-refractivity contribution in [3.05, 3.63) is 175 Å². The number of anilines is 3. The topological polar surface area (TPSA) is 3.24 Å². The summed E-state index contributed by atoms with van der Waals surface area (Å²) in [5.74, 6) is 0. The lowest BCUT2D eigenvalue weighted by atomic mass is 9.82. The molecule has 2 heteroatoms. The lowest BCUT2D eigenvalue weighted by Gasteiger charge is -2.29. The van der Waals surface area contributed by atoms with Gasteiger partial charge in [-0.2, -0.15) is 0 Å². The van der Waals surface area contributed by atoms with Crippen LogP contribution >= 0.6 is 11.3 Å². The van der Waals surface area contributed by atoms with Gasteiger partial charge in [-0.05, 0) is 85.9 Å². The summed E-state index contributed by atoms with van der Waals surface area (Å²) in [6.07, 6.45) is 0. The Morgan fingerprint density at radius 1 is 0.469 bits per heavy atom. The summed E-state index contributed by atoms with van der Waals surface area (Å²) >= 11 is 1.90. The predicted octanol–water partition coefficient (Wildman–Crippen LogP) is 13.8. The monoisotopic (exact) mass is 643 g/mol. The van der Waals surface area contributed by atoms with Crippen molar-refractivity contribution >= 4 is 70.1 Å². The van der Waals surface area contributed by atoms with Gasteiger partial charge in [-0.25, -0.2) is 0 Å². The zero-order valence-electron chi connectivity index (χ0n) is 27.4. The van der Waals surface area contributed by atoms with Gasteiger partial charge >= 0.3 is 0 Å². The van der Waals surface area contributed by atoms with Crippen molar-refractivity contribution in [2.45, 2.75) is 19.3 Å².